The normalized spacial score (nSPS) is 11.7. The molecule has 120 valence electrons. The second-order valence-electron chi connectivity index (χ2n) is 4.31. The number of carbonyl (C=O) groups excluding carboxylic acids is 1. The molecule has 0 radical (unpaired) electrons. The van der Waals surface area contributed by atoms with Crippen LogP contribution in [-0.4, -0.2) is 32.8 Å². The van der Waals surface area contributed by atoms with Gasteiger partial charge >= 0.3 is 6.18 Å². The van der Waals surface area contributed by atoms with Gasteiger partial charge in [0.2, 0.25) is 10.1 Å². The van der Waals surface area contributed by atoms with Gasteiger partial charge in [-0.05, 0) is 24.3 Å². The first-order valence-electron chi connectivity index (χ1n) is 6.13. The molecule has 23 heavy (non-hydrogen) atoms. The molecule has 1 aromatic carbocycles. The second kappa shape index (κ2) is 5.50. The van der Waals surface area contributed by atoms with Gasteiger partial charge in [-0.15, -0.1) is 15.3 Å². The molecular formula is C12H8F3N5O2S. The van der Waals surface area contributed by atoms with E-state index in [1.54, 1.807) is 12.1 Å². The fourth-order valence-corrected chi connectivity index (χ4v) is 2.49. The lowest BCUT2D eigenvalue weighted by molar-refractivity contribution is -0.146. The zero-order valence-corrected chi connectivity index (χ0v) is 12.3. The Hall–Kier alpha value is -2.69. The smallest absolute Gasteiger partial charge is 0.453 e. The number of benzene rings is 1. The van der Waals surface area contributed by atoms with Crippen LogP contribution in [0, 0.1) is 0 Å². The van der Waals surface area contributed by atoms with Gasteiger partial charge in [0, 0.05) is 5.56 Å². The number of methoxy groups -OCH3 is 1. The third-order valence-electron chi connectivity index (χ3n) is 2.82. The Morgan fingerprint density at radius 2 is 1.96 bits per heavy atom. The molecule has 11 heteroatoms. The molecule has 0 aliphatic carbocycles. The van der Waals surface area contributed by atoms with Gasteiger partial charge in [-0.2, -0.15) is 17.7 Å². The van der Waals surface area contributed by atoms with Crippen molar-refractivity contribution in [2.45, 2.75) is 6.18 Å². The van der Waals surface area contributed by atoms with Crippen LogP contribution in [0.2, 0.25) is 0 Å². The second-order valence-corrected chi connectivity index (χ2v) is 5.26. The van der Waals surface area contributed by atoms with Crippen LogP contribution in [0.4, 0.5) is 18.3 Å². The highest BCUT2D eigenvalue weighted by Gasteiger charge is 2.38. The number of fused-ring (bicyclic) bond motifs is 1. The number of nitrogens with zero attached hydrogens (tertiary/aromatic N) is 4. The third kappa shape index (κ3) is 2.95. The van der Waals surface area contributed by atoms with Crippen molar-refractivity contribution in [3.05, 3.63) is 35.7 Å². The van der Waals surface area contributed by atoms with Crippen LogP contribution in [0.3, 0.4) is 0 Å². The van der Waals surface area contributed by atoms with Crippen LogP contribution in [0.15, 0.2) is 24.3 Å². The summed E-state index contributed by atoms with van der Waals surface area (Å²) in [5, 5.41) is 12.5. The van der Waals surface area contributed by atoms with E-state index in [-0.39, 0.29) is 10.1 Å². The van der Waals surface area contributed by atoms with E-state index in [4.69, 9.17) is 4.74 Å². The first-order chi connectivity index (χ1) is 10.9. The average molecular weight is 343 g/mol. The lowest BCUT2D eigenvalue weighted by Crippen LogP contribution is -2.14. The Balaban J connectivity index is 1.83. The molecule has 2 aromatic heterocycles. The summed E-state index contributed by atoms with van der Waals surface area (Å²) in [6.45, 7) is 0. The fourth-order valence-electron chi connectivity index (χ4n) is 1.76. The molecule has 0 fully saturated rings. The molecule has 1 amide bonds. The number of hydrogen-bond donors (Lipinski definition) is 1. The predicted molar refractivity (Wildman–Crippen MR) is 74.6 cm³/mol. The van der Waals surface area contributed by atoms with Crippen LogP contribution >= 0.6 is 11.3 Å². The molecule has 0 aliphatic heterocycles. The molecule has 0 aliphatic rings. The van der Waals surface area contributed by atoms with Crippen LogP contribution in [0.5, 0.6) is 5.75 Å². The molecule has 0 spiro atoms. The number of rotatable bonds is 3. The van der Waals surface area contributed by atoms with Crippen molar-refractivity contribution in [3.8, 4) is 5.75 Å². The first kappa shape index (κ1) is 15.2. The summed E-state index contributed by atoms with van der Waals surface area (Å²) in [6.07, 6.45) is -4.68. The fraction of sp³-hybridized carbons (Fsp3) is 0.167. The highest BCUT2D eigenvalue weighted by Crippen LogP contribution is 2.30. The standard InChI is InChI=1S/C12H8F3N5O2S/c1-22-7-4-2-6(3-5-7)8(21)16-10-19-20-9(12(13,14)15)17-18-11(20)23-10/h2-5H,1H3,(H,16,19,21). The monoisotopic (exact) mass is 343 g/mol. The molecule has 0 saturated carbocycles. The summed E-state index contributed by atoms with van der Waals surface area (Å²) in [6, 6.07) is 6.23. The number of carbonyl (C=O) groups is 1. The maximum atomic E-state index is 12.7. The average Bonchev–Trinajstić information content (AvgIpc) is 3.06. The van der Waals surface area contributed by atoms with Crippen LogP contribution in [0.25, 0.3) is 4.96 Å². The summed E-state index contributed by atoms with van der Waals surface area (Å²) < 4.78 is 43.6. The lowest BCUT2D eigenvalue weighted by atomic mass is 10.2. The molecular weight excluding hydrogens is 335 g/mol. The van der Waals surface area contributed by atoms with E-state index in [0.717, 1.165) is 11.3 Å². The van der Waals surface area contributed by atoms with Crippen molar-refractivity contribution < 1.29 is 22.7 Å². The minimum atomic E-state index is -4.68. The van der Waals surface area contributed by atoms with Crippen molar-refractivity contribution >= 4 is 27.3 Å². The summed E-state index contributed by atoms with van der Waals surface area (Å²) in [5.74, 6) is -1.17. The Morgan fingerprint density at radius 3 is 2.57 bits per heavy atom. The van der Waals surface area contributed by atoms with E-state index in [9.17, 15) is 18.0 Å². The van der Waals surface area contributed by atoms with E-state index < -0.39 is 17.9 Å². The Morgan fingerprint density at radius 1 is 1.26 bits per heavy atom. The van der Waals surface area contributed by atoms with E-state index in [1.165, 1.54) is 19.2 Å². The van der Waals surface area contributed by atoms with E-state index in [1.807, 2.05) is 0 Å². The zero-order valence-electron chi connectivity index (χ0n) is 11.5. The van der Waals surface area contributed by atoms with Crippen LogP contribution in [0.1, 0.15) is 16.2 Å². The first-order valence-corrected chi connectivity index (χ1v) is 6.95. The highest BCUT2D eigenvalue weighted by molar-refractivity contribution is 7.20. The molecule has 0 atom stereocenters. The molecule has 0 bridgehead atoms. The van der Waals surface area contributed by atoms with Gasteiger partial charge in [-0.25, -0.2) is 0 Å². The van der Waals surface area contributed by atoms with E-state index in [2.05, 4.69) is 20.6 Å². The minimum absolute atomic E-state index is 0.0128. The number of hydrogen-bond acceptors (Lipinski definition) is 6. The van der Waals surface area contributed by atoms with Crippen molar-refractivity contribution in [1.29, 1.82) is 0 Å². The Labute approximate surface area is 130 Å². The Bertz CT molecular complexity index is 856. The predicted octanol–water partition coefficient (Wildman–Crippen LogP) is 2.47. The largest absolute Gasteiger partial charge is 0.497 e. The maximum absolute atomic E-state index is 12.7. The number of amides is 1. The SMILES string of the molecule is COc1ccc(C(=O)Nc2nn3c(C(F)(F)F)nnc3s2)cc1. The third-order valence-corrected chi connectivity index (χ3v) is 3.63. The molecule has 3 rings (SSSR count). The maximum Gasteiger partial charge on any atom is 0.453 e. The summed E-state index contributed by atoms with van der Waals surface area (Å²) >= 11 is 0.786. The van der Waals surface area contributed by atoms with Gasteiger partial charge in [0.25, 0.3) is 11.7 Å². The molecule has 3 aromatic rings. The van der Waals surface area contributed by atoms with Crippen molar-refractivity contribution in [3.63, 3.8) is 0 Å². The summed E-state index contributed by atoms with van der Waals surface area (Å²) in [5.41, 5.74) is 0.313. The van der Waals surface area contributed by atoms with Gasteiger partial charge in [-0.3, -0.25) is 10.1 Å². The van der Waals surface area contributed by atoms with Gasteiger partial charge in [0.15, 0.2) is 0 Å². The van der Waals surface area contributed by atoms with Crippen molar-refractivity contribution in [1.82, 2.24) is 19.8 Å². The van der Waals surface area contributed by atoms with E-state index >= 15 is 0 Å². The van der Waals surface area contributed by atoms with Crippen molar-refractivity contribution in [2.75, 3.05) is 12.4 Å². The van der Waals surface area contributed by atoms with Crippen LogP contribution < -0.4 is 10.1 Å². The Kier molecular flexibility index (Phi) is 3.64. The van der Waals surface area contributed by atoms with Gasteiger partial charge < -0.3 is 4.74 Å². The summed E-state index contributed by atoms with van der Waals surface area (Å²) in [4.78, 5) is 12.0. The molecule has 0 unspecified atom stereocenters. The number of halogens is 3. The number of anilines is 1. The number of aromatic nitrogens is 4. The quantitative estimate of drug-likeness (QED) is 0.790. The zero-order chi connectivity index (χ0) is 16.6. The number of nitrogens with one attached hydrogen (secondary N) is 1. The minimum Gasteiger partial charge on any atom is -0.497 e. The number of alkyl halides is 3. The van der Waals surface area contributed by atoms with Gasteiger partial charge in [-0.1, -0.05) is 11.3 Å². The topological polar surface area (TPSA) is 81.4 Å². The molecule has 2 heterocycles. The van der Waals surface area contributed by atoms with E-state index in [0.29, 0.717) is 15.8 Å². The van der Waals surface area contributed by atoms with Crippen molar-refractivity contribution in [2.24, 2.45) is 0 Å². The number of ether oxygens (including phenoxy) is 1. The van der Waals surface area contributed by atoms with Crippen LogP contribution in [-0.2, 0) is 6.18 Å². The van der Waals surface area contributed by atoms with Gasteiger partial charge in [0.1, 0.15) is 5.75 Å². The van der Waals surface area contributed by atoms with Gasteiger partial charge in [0.05, 0.1) is 7.11 Å². The summed E-state index contributed by atoms with van der Waals surface area (Å²) in [7, 11) is 1.49. The molecule has 0 saturated heterocycles. The molecule has 1 N–H and O–H groups in total. The molecule has 7 nitrogen and oxygen atoms in total. The highest BCUT2D eigenvalue weighted by atomic mass is 32.1. The lowest BCUT2D eigenvalue weighted by Gasteiger charge is -2.03.